The van der Waals surface area contributed by atoms with Crippen molar-refractivity contribution in [1.29, 1.82) is 0 Å². The number of carbonyl (C=O) groups excluding carboxylic acids is 1. The molecule has 116 valence electrons. The zero-order chi connectivity index (χ0) is 14.8. The molecule has 2 heterocycles. The molecule has 0 N–H and O–H groups in total. The van der Waals surface area contributed by atoms with Crippen molar-refractivity contribution in [3.05, 3.63) is 16.6 Å². The molecule has 0 radical (unpaired) electrons. The molecule has 1 saturated carbocycles. The van der Waals surface area contributed by atoms with Crippen molar-refractivity contribution in [2.24, 2.45) is 5.92 Å². The minimum Gasteiger partial charge on any atom is -0.373 e. The number of hydrogen-bond acceptors (Lipinski definition) is 5. The molecule has 0 aromatic carbocycles. The van der Waals surface area contributed by atoms with E-state index in [1.54, 1.807) is 0 Å². The van der Waals surface area contributed by atoms with Gasteiger partial charge in [0.05, 0.1) is 24.0 Å². The number of likely N-dealkylation sites (N-methyl/N-ethyl adjacent to an activating group) is 1. The first-order chi connectivity index (χ1) is 10.1. The van der Waals surface area contributed by atoms with Crippen LogP contribution in [0.4, 0.5) is 0 Å². The average molecular weight is 309 g/mol. The zero-order valence-electron chi connectivity index (χ0n) is 12.7. The third-order valence-corrected chi connectivity index (χ3v) is 4.91. The van der Waals surface area contributed by atoms with E-state index in [-0.39, 0.29) is 12.0 Å². The molecule has 0 spiro atoms. The van der Waals surface area contributed by atoms with Gasteiger partial charge < -0.3 is 14.5 Å². The Hall–Kier alpha value is -0.980. The van der Waals surface area contributed by atoms with Crippen LogP contribution in [0, 0.1) is 12.8 Å². The Labute approximate surface area is 130 Å². The predicted molar refractivity (Wildman–Crippen MR) is 82.7 cm³/mol. The summed E-state index contributed by atoms with van der Waals surface area (Å²) < 4.78 is 10.0. The van der Waals surface area contributed by atoms with Crippen LogP contribution in [-0.4, -0.2) is 66.0 Å². The second kappa shape index (κ2) is 6.42. The van der Waals surface area contributed by atoms with Crippen molar-refractivity contribution >= 4 is 17.4 Å². The van der Waals surface area contributed by atoms with Crippen LogP contribution in [0.2, 0.25) is 0 Å². The average Bonchev–Trinajstić information content (AvgIpc) is 3.17. The molecule has 1 aromatic rings. The Bertz CT molecular complexity index is 501. The Kier molecular flexibility index (Phi) is 4.57. The SMILES string of the molecule is Cc1nscc1C(=O)N1CCO[C@H](CN(C)CC2CC2)C1. The van der Waals surface area contributed by atoms with E-state index in [0.717, 1.165) is 30.3 Å². The minimum atomic E-state index is 0.0967. The van der Waals surface area contributed by atoms with Crippen LogP contribution in [0.3, 0.4) is 0 Å². The van der Waals surface area contributed by atoms with Gasteiger partial charge in [0.1, 0.15) is 0 Å². The topological polar surface area (TPSA) is 45.7 Å². The fourth-order valence-corrected chi connectivity index (χ4v) is 3.53. The maximum atomic E-state index is 12.5. The summed E-state index contributed by atoms with van der Waals surface area (Å²) in [6, 6.07) is 0. The molecule has 2 fully saturated rings. The summed E-state index contributed by atoms with van der Waals surface area (Å²) in [6.07, 6.45) is 2.86. The quantitative estimate of drug-likeness (QED) is 0.829. The lowest BCUT2D eigenvalue weighted by atomic mass is 10.2. The van der Waals surface area contributed by atoms with E-state index in [1.807, 2.05) is 17.2 Å². The summed E-state index contributed by atoms with van der Waals surface area (Å²) in [5, 5.41) is 1.85. The minimum absolute atomic E-state index is 0.0967. The van der Waals surface area contributed by atoms with Gasteiger partial charge in [-0.1, -0.05) is 0 Å². The predicted octanol–water partition coefficient (Wildman–Crippen LogP) is 1.63. The normalized spacial score (nSPS) is 22.8. The standard InChI is InChI=1S/C15H23N3O2S/c1-11-14(10-21-16-11)15(19)18-5-6-20-13(9-18)8-17(2)7-12-3-4-12/h10,12-13H,3-9H2,1-2H3/t13-/m1/s1. The first kappa shape index (κ1) is 14.9. The number of aromatic nitrogens is 1. The highest BCUT2D eigenvalue weighted by atomic mass is 32.1. The highest BCUT2D eigenvalue weighted by Gasteiger charge is 2.29. The van der Waals surface area contributed by atoms with Gasteiger partial charge in [-0.25, -0.2) is 0 Å². The van der Waals surface area contributed by atoms with Crippen molar-refractivity contribution in [2.45, 2.75) is 25.9 Å². The monoisotopic (exact) mass is 309 g/mol. The maximum Gasteiger partial charge on any atom is 0.256 e. The Morgan fingerprint density at radius 3 is 3.00 bits per heavy atom. The van der Waals surface area contributed by atoms with Crippen LogP contribution in [0.1, 0.15) is 28.9 Å². The van der Waals surface area contributed by atoms with Gasteiger partial charge in [-0.05, 0) is 44.3 Å². The lowest BCUT2D eigenvalue weighted by molar-refractivity contribution is -0.0334. The van der Waals surface area contributed by atoms with Crippen LogP contribution in [-0.2, 0) is 4.74 Å². The largest absolute Gasteiger partial charge is 0.373 e. The highest BCUT2D eigenvalue weighted by molar-refractivity contribution is 7.03. The van der Waals surface area contributed by atoms with Crippen LogP contribution < -0.4 is 0 Å². The Balaban J connectivity index is 1.55. The molecule has 1 saturated heterocycles. The van der Waals surface area contributed by atoms with Crippen molar-refractivity contribution in [2.75, 3.05) is 39.8 Å². The van der Waals surface area contributed by atoms with Gasteiger partial charge in [-0.2, -0.15) is 4.37 Å². The van der Waals surface area contributed by atoms with Gasteiger partial charge in [0, 0.05) is 31.6 Å². The van der Waals surface area contributed by atoms with Crippen LogP contribution in [0.15, 0.2) is 5.38 Å². The fraction of sp³-hybridized carbons (Fsp3) is 0.733. The summed E-state index contributed by atoms with van der Waals surface area (Å²) in [4.78, 5) is 16.8. The number of morpholine rings is 1. The smallest absolute Gasteiger partial charge is 0.256 e. The van der Waals surface area contributed by atoms with Crippen LogP contribution >= 0.6 is 11.5 Å². The second-order valence-corrected chi connectivity index (χ2v) is 6.85. The molecule has 0 bridgehead atoms. The fourth-order valence-electron chi connectivity index (χ4n) is 2.85. The lowest BCUT2D eigenvalue weighted by Gasteiger charge is -2.34. The molecule has 1 aromatic heterocycles. The van der Waals surface area contributed by atoms with Crippen molar-refractivity contribution in [1.82, 2.24) is 14.2 Å². The van der Waals surface area contributed by atoms with Gasteiger partial charge in [-0.3, -0.25) is 4.79 Å². The van der Waals surface area contributed by atoms with Crippen LogP contribution in [0.25, 0.3) is 0 Å². The summed E-state index contributed by atoms with van der Waals surface area (Å²) in [7, 11) is 2.15. The number of aryl methyl sites for hydroxylation is 1. The number of nitrogens with zero attached hydrogens (tertiary/aromatic N) is 3. The van der Waals surface area contributed by atoms with E-state index in [1.165, 1.54) is 24.4 Å². The summed E-state index contributed by atoms with van der Waals surface area (Å²) in [5.74, 6) is 0.982. The summed E-state index contributed by atoms with van der Waals surface area (Å²) in [6.45, 7) is 5.94. The lowest BCUT2D eigenvalue weighted by Crippen LogP contribution is -2.49. The number of carbonyl (C=O) groups is 1. The van der Waals surface area contributed by atoms with Gasteiger partial charge in [0.25, 0.3) is 5.91 Å². The third-order valence-electron chi connectivity index (χ3n) is 4.19. The molecule has 5 nitrogen and oxygen atoms in total. The Morgan fingerprint density at radius 2 is 2.33 bits per heavy atom. The van der Waals surface area contributed by atoms with E-state index in [2.05, 4.69) is 16.3 Å². The molecular weight excluding hydrogens is 286 g/mol. The van der Waals surface area contributed by atoms with Crippen LogP contribution in [0.5, 0.6) is 0 Å². The van der Waals surface area contributed by atoms with Crippen molar-refractivity contribution in [3.63, 3.8) is 0 Å². The van der Waals surface area contributed by atoms with Gasteiger partial charge >= 0.3 is 0 Å². The summed E-state index contributed by atoms with van der Waals surface area (Å²) in [5.41, 5.74) is 1.57. The highest BCUT2D eigenvalue weighted by Crippen LogP contribution is 2.29. The zero-order valence-corrected chi connectivity index (χ0v) is 13.6. The van der Waals surface area contributed by atoms with E-state index in [0.29, 0.717) is 19.7 Å². The van der Waals surface area contributed by atoms with E-state index in [4.69, 9.17) is 4.74 Å². The van der Waals surface area contributed by atoms with Gasteiger partial charge in [0.15, 0.2) is 0 Å². The third kappa shape index (κ3) is 3.81. The molecule has 2 aliphatic rings. The first-order valence-corrected chi connectivity index (χ1v) is 8.47. The molecule has 0 unspecified atom stereocenters. The molecule has 1 atom stereocenters. The molecule has 21 heavy (non-hydrogen) atoms. The van der Waals surface area contributed by atoms with E-state index < -0.39 is 0 Å². The molecule has 6 heteroatoms. The van der Waals surface area contributed by atoms with Gasteiger partial charge in [0.2, 0.25) is 0 Å². The summed E-state index contributed by atoms with van der Waals surface area (Å²) >= 11 is 1.35. The first-order valence-electron chi connectivity index (χ1n) is 7.64. The van der Waals surface area contributed by atoms with E-state index in [9.17, 15) is 4.79 Å². The molecule has 3 rings (SSSR count). The molecular formula is C15H23N3O2S. The number of ether oxygens (including phenoxy) is 1. The van der Waals surface area contributed by atoms with Crippen molar-refractivity contribution < 1.29 is 9.53 Å². The molecule has 1 amide bonds. The maximum absolute atomic E-state index is 12.5. The molecule has 1 aliphatic carbocycles. The second-order valence-electron chi connectivity index (χ2n) is 6.22. The number of hydrogen-bond donors (Lipinski definition) is 0. The number of rotatable bonds is 5. The molecule has 1 aliphatic heterocycles. The number of amides is 1. The Morgan fingerprint density at radius 1 is 1.52 bits per heavy atom. The van der Waals surface area contributed by atoms with Gasteiger partial charge in [-0.15, -0.1) is 0 Å². The van der Waals surface area contributed by atoms with Crippen molar-refractivity contribution in [3.8, 4) is 0 Å². The van der Waals surface area contributed by atoms with E-state index >= 15 is 0 Å².